The second kappa shape index (κ2) is 8.55. The Morgan fingerprint density at radius 2 is 2.00 bits per heavy atom. The van der Waals surface area contributed by atoms with Crippen molar-refractivity contribution in [1.82, 2.24) is 9.88 Å². The summed E-state index contributed by atoms with van der Waals surface area (Å²) in [5.74, 6) is 0.335. The summed E-state index contributed by atoms with van der Waals surface area (Å²) in [5.41, 5.74) is 2.91. The molecular formula is C23H20ClN3O3. The molecule has 2 aromatic carbocycles. The van der Waals surface area contributed by atoms with Crippen LogP contribution >= 0.6 is 11.6 Å². The molecule has 0 saturated heterocycles. The number of hydrogen-bond donors (Lipinski definition) is 1. The average Bonchev–Trinajstić information content (AvgIpc) is 3.19. The van der Waals surface area contributed by atoms with Gasteiger partial charge < -0.3 is 15.0 Å². The van der Waals surface area contributed by atoms with Gasteiger partial charge in [0, 0.05) is 37.5 Å². The fraction of sp³-hybridized carbons (Fsp3) is 0.174. The molecule has 7 heteroatoms. The van der Waals surface area contributed by atoms with Gasteiger partial charge in [-0.05, 0) is 41.5 Å². The maximum absolute atomic E-state index is 12.8. The van der Waals surface area contributed by atoms with Crippen LogP contribution in [0, 0.1) is 0 Å². The summed E-state index contributed by atoms with van der Waals surface area (Å²) in [5, 5.41) is 3.26. The predicted octanol–water partition coefficient (Wildman–Crippen LogP) is 3.95. The summed E-state index contributed by atoms with van der Waals surface area (Å²) >= 11 is 5.80. The largest absolute Gasteiger partial charge is 0.480 e. The summed E-state index contributed by atoms with van der Waals surface area (Å²) < 4.78 is 5.73. The highest BCUT2D eigenvalue weighted by Gasteiger charge is 2.28. The Morgan fingerprint density at radius 3 is 2.77 bits per heavy atom. The molecule has 1 atom stereocenters. The molecule has 0 saturated carbocycles. The van der Waals surface area contributed by atoms with Gasteiger partial charge in [-0.25, -0.2) is 4.98 Å². The number of rotatable bonds is 5. The van der Waals surface area contributed by atoms with E-state index < -0.39 is 6.10 Å². The Bertz CT molecular complexity index is 1060. The lowest BCUT2D eigenvalue weighted by Gasteiger charge is -2.18. The van der Waals surface area contributed by atoms with Crippen LogP contribution in [0.1, 0.15) is 21.5 Å². The van der Waals surface area contributed by atoms with Gasteiger partial charge in [-0.1, -0.05) is 41.9 Å². The third-order valence-corrected chi connectivity index (χ3v) is 5.10. The molecule has 0 bridgehead atoms. The summed E-state index contributed by atoms with van der Waals surface area (Å²) in [4.78, 5) is 31.0. The van der Waals surface area contributed by atoms with E-state index in [4.69, 9.17) is 16.3 Å². The molecule has 0 aliphatic carbocycles. The van der Waals surface area contributed by atoms with Crippen LogP contribution in [-0.2, 0) is 17.8 Å². The van der Waals surface area contributed by atoms with Crippen LogP contribution in [-0.4, -0.2) is 34.8 Å². The Hall–Kier alpha value is -3.38. The number of aromatic nitrogens is 1. The number of carbonyl (C=O) groups is 2. The van der Waals surface area contributed by atoms with Crippen molar-refractivity contribution in [1.29, 1.82) is 0 Å². The van der Waals surface area contributed by atoms with Crippen LogP contribution in [0.5, 0.6) is 5.75 Å². The zero-order valence-corrected chi connectivity index (χ0v) is 17.1. The van der Waals surface area contributed by atoms with E-state index in [2.05, 4.69) is 10.3 Å². The Kier molecular flexibility index (Phi) is 5.68. The average molecular weight is 422 g/mol. The number of hydrogen-bond acceptors (Lipinski definition) is 4. The Labute approximate surface area is 179 Å². The molecule has 0 fully saturated rings. The zero-order valence-electron chi connectivity index (χ0n) is 16.3. The van der Waals surface area contributed by atoms with Crippen LogP contribution in [0.4, 0.5) is 5.69 Å². The number of carbonyl (C=O) groups excluding carboxylic acids is 2. The summed E-state index contributed by atoms with van der Waals surface area (Å²) in [6.45, 7) is 0.397. The molecule has 2 heterocycles. The third kappa shape index (κ3) is 4.44. The molecule has 0 radical (unpaired) electrons. The maximum atomic E-state index is 12.8. The number of anilines is 1. The molecule has 1 aliphatic heterocycles. The highest BCUT2D eigenvalue weighted by molar-refractivity contribution is 6.29. The van der Waals surface area contributed by atoms with E-state index in [0.29, 0.717) is 29.4 Å². The van der Waals surface area contributed by atoms with Crippen molar-refractivity contribution in [2.24, 2.45) is 0 Å². The van der Waals surface area contributed by atoms with Gasteiger partial charge in [0.25, 0.3) is 11.8 Å². The fourth-order valence-electron chi connectivity index (χ4n) is 3.35. The quantitative estimate of drug-likeness (QED) is 0.633. The SMILES string of the molecule is CN(Cc1ccc(Cl)nc1)C(=O)c1cccc(NC(=O)C2Cc3ccccc3O2)c1. The molecule has 1 aromatic heterocycles. The van der Waals surface area contributed by atoms with Crippen molar-refractivity contribution in [3.8, 4) is 5.75 Å². The molecule has 1 N–H and O–H groups in total. The van der Waals surface area contributed by atoms with Crippen molar-refractivity contribution in [3.05, 3.63) is 88.7 Å². The monoisotopic (exact) mass is 421 g/mol. The van der Waals surface area contributed by atoms with Gasteiger partial charge in [-0.3, -0.25) is 9.59 Å². The van der Waals surface area contributed by atoms with E-state index in [1.165, 1.54) is 0 Å². The van der Waals surface area contributed by atoms with Crippen LogP contribution in [0.3, 0.4) is 0 Å². The van der Waals surface area contributed by atoms with Gasteiger partial charge in [-0.15, -0.1) is 0 Å². The lowest BCUT2D eigenvalue weighted by molar-refractivity contribution is -0.122. The minimum atomic E-state index is -0.582. The van der Waals surface area contributed by atoms with E-state index in [-0.39, 0.29) is 11.8 Å². The van der Waals surface area contributed by atoms with Crippen LogP contribution < -0.4 is 10.1 Å². The molecule has 3 aromatic rings. The van der Waals surface area contributed by atoms with E-state index in [1.807, 2.05) is 30.3 Å². The van der Waals surface area contributed by atoms with E-state index >= 15 is 0 Å². The molecule has 0 spiro atoms. The maximum Gasteiger partial charge on any atom is 0.265 e. The lowest BCUT2D eigenvalue weighted by Crippen LogP contribution is -2.31. The van der Waals surface area contributed by atoms with Crippen molar-refractivity contribution in [2.75, 3.05) is 12.4 Å². The number of nitrogens with one attached hydrogen (secondary N) is 1. The summed E-state index contributed by atoms with van der Waals surface area (Å²) in [6.07, 6.45) is 1.59. The van der Waals surface area contributed by atoms with Crippen molar-refractivity contribution >= 4 is 29.1 Å². The number of nitrogens with zero attached hydrogens (tertiary/aromatic N) is 2. The number of benzene rings is 2. The van der Waals surface area contributed by atoms with Crippen LogP contribution in [0.25, 0.3) is 0 Å². The molecule has 30 heavy (non-hydrogen) atoms. The predicted molar refractivity (Wildman–Crippen MR) is 115 cm³/mol. The lowest BCUT2D eigenvalue weighted by atomic mass is 10.1. The standard InChI is InChI=1S/C23H20ClN3O3/c1-27(14-15-9-10-21(24)25-13-15)23(29)17-6-4-7-18(11-17)26-22(28)20-12-16-5-2-3-8-19(16)30-20/h2-11,13,20H,12,14H2,1H3,(H,26,28). The first-order valence-corrected chi connectivity index (χ1v) is 9.89. The van der Waals surface area contributed by atoms with Gasteiger partial charge in [-0.2, -0.15) is 0 Å². The van der Waals surface area contributed by atoms with Crippen LogP contribution in [0.15, 0.2) is 66.9 Å². The first-order chi connectivity index (χ1) is 14.5. The number of ether oxygens (including phenoxy) is 1. The zero-order chi connectivity index (χ0) is 21.1. The van der Waals surface area contributed by atoms with Crippen molar-refractivity contribution in [2.45, 2.75) is 19.1 Å². The Morgan fingerprint density at radius 1 is 1.17 bits per heavy atom. The highest BCUT2D eigenvalue weighted by Crippen LogP contribution is 2.28. The second-order valence-corrected chi connectivity index (χ2v) is 7.53. The van der Waals surface area contributed by atoms with E-state index in [9.17, 15) is 9.59 Å². The highest BCUT2D eigenvalue weighted by atomic mass is 35.5. The Balaban J connectivity index is 1.40. The number of halogens is 1. The summed E-state index contributed by atoms with van der Waals surface area (Å²) in [7, 11) is 1.71. The molecule has 152 valence electrons. The van der Waals surface area contributed by atoms with Crippen molar-refractivity contribution < 1.29 is 14.3 Å². The number of fused-ring (bicyclic) bond motifs is 1. The number of pyridine rings is 1. The first kappa shape index (κ1) is 19.9. The number of para-hydroxylation sites is 1. The fourth-order valence-corrected chi connectivity index (χ4v) is 3.46. The first-order valence-electron chi connectivity index (χ1n) is 9.51. The second-order valence-electron chi connectivity index (χ2n) is 7.14. The third-order valence-electron chi connectivity index (χ3n) is 4.87. The number of amides is 2. The van der Waals surface area contributed by atoms with Gasteiger partial charge in [0.05, 0.1) is 0 Å². The topological polar surface area (TPSA) is 71.5 Å². The van der Waals surface area contributed by atoms with E-state index in [0.717, 1.165) is 16.9 Å². The smallest absolute Gasteiger partial charge is 0.265 e. The van der Waals surface area contributed by atoms with Gasteiger partial charge in [0.15, 0.2) is 6.10 Å². The molecule has 6 nitrogen and oxygen atoms in total. The molecule has 2 amide bonds. The molecule has 1 unspecified atom stereocenters. The van der Waals surface area contributed by atoms with Crippen LogP contribution in [0.2, 0.25) is 5.15 Å². The van der Waals surface area contributed by atoms with Gasteiger partial charge in [0.2, 0.25) is 0 Å². The molecular weight excluding hydrogens is 402 g/mol. The van der Waals surface area contributed by atoms with E-state index in [1.54, 1.807) is 48.5 Å². The minimum absolute atomic E-state index is 0.162. The summed E-state index contributed by atoms with van der Waals surface area (Å²) in [6, 6.07) is 18.0. The molecule has 4 rings (SSSR count). The minimum Gasteiger partial charge on any atom is -0.480 e. The van der Waals surface area contributed by atoms with Gasteiger partial charge in [0.1, 0.15) is 10.9 Å². The normalized spacial score (nSPS) is 14.5. The molecule has 1 aliphatic rings. The van der Waals surface area contributed by atoms with Crippen molar-refractivity contribution in [3.63, 3.8) is 0 Å². The van der Waals surface area contributed by atoms with Gasteiger partial charge >= 0.3 is 0 Å².